The quantitative estimate of drug-likeness (QED) is 0.740. The highest BCUT2D eigenvalue weighted by molar-refractivity contribution is 7.98. The number of rotatable bonds is 3. The number of thioether (sulfide) groups is 1. The molecular weight excluding hydrogens is 307 g/mol. The summed E-state index contributed by atoms with van der Waals surface area (Å²) in [5.74, 6) is 0.296. The number of aromatic amines is 1. The van der Waals surface area contributed by atoms with Gasteiger partial charge in [-0.1, -0.05) is 23.9 Å². The maximum atomic E-state index is 12.9. The SMILES string of the molecule is Cn1c(=O)c2[nH]c(SCc3ccc(F)cc3)nc2n(C)c1=O. The predicted molar refractivity (Wildman–Crippen MR) is 82.5 cm³/mol. The van der Waals surface area contributed by atoms with Crippen molar-refractivity contribution in [2.75, 3.05) is 0 Å². The van der Waals surface area contributed by atoms with E-state index in [1.54, 1.807) is 19.2 Å². The van der Waals surface area contributed by atoms with Crippen LogP contribution >= 0.6 is 11.8 Å². The van der Waals surface area contributed by atoms with Crippen LogP contribution in [0.3, 0.4) is 0 Å². The average Bonchev–Trinajstić information content (AvgIpc) is 2.95. The Kier molecular flexibility index (Phi) is 3.61. The third kappa shape index (κ3) is 2.45. The van der Waals surface area contributed by atoms with Gasteiger partial charge in [-0.05, 0) is 17.7 Å². The van der Waals surface area contributed by atoms with E-state index in [0.29, 0.717) is 22.1 Å². The summed E-state index contributed by atoms with van der Waals surface area (Å²) in [6, 6.07) is 6.18. The molecule has 0 aliphatic rings. The lowest BCUT2D eigenvalue weighted by Crippen LogP contribution is -2.36. The summed E-state index contributed by atoms with van der Waals surface area (Å²) in [6.07, 6.45) is 0. The second-order valence-corrected chi connectivity index (χ2v) is 5.83. The summed E-state index contributed by atoms with van der Waals surface area (Å²) >= 11 is 1.38. The summed E-state index contributed by atoms with van der Waals surface area (Å²) in [5, 5.41) is 0.539. The lowest BCUT2D eigenvalue weighted by atomic mass is 10.2. The van der Waals surface area contributed by atoms with Crippen molar-refractivity contribution >= 4 is 22.9 Å². The largest absolute Gasteiger partial charge is 0.332 e. The van der Waals surface area contributed by atoms with Crippen molar-refractivity contribution in [1.29, 1.82) is 0 Å². The van der Waals surface area contributed by atoms with Crippen LogP contribution in [0.5, 0.6) is 0 Å². The molecule has 2 heterocycles. The van der Waals surface area contributed by atoms with E-state index in [-0.39, 0.29) is 5.82 Å². The molecule has 0 atom stereocenters. The van der Waals surface area contributed by atoms with Gasteiger partial charge in [0.15, 0.2) is 16.3 Å². The third-order valence-corrected chi connectivity index (χ3v) is 4.31. The van der Waals surface area contributed by atoms with Crippen LogP contribution in [-0.4, -0.2) is 19.1 Å². The summed E-state index contributed by atoms with van der Waals surface area (Å²) in [6.45, 7) is 0. The van der Waals surface area contributed by atoms with Gasteiger partial charge in [-0.25, -0.2) is 14.2 Å². The van der Waals surface area contributed by atoms with Crippen LogP contribution in [-0.2, 0) is 19.8 Å². The van der Waals surface area contributed by atoms with Gasteiger partial charge in [-0.15, -0.1) is 0 Å². The molecule has 0 aliphatic carbocycles. The Balaban J connectivity index is 1.94. The first-order valence-electron chi connectivity index (χ1n) is 6.50. The summed E-state index contributed by atoms with van der Waals surface area (Å²) < 4.78 is 15.2. The summed E-state index contributed by atoms with van der Waals surface area (Å²) in [4.78, 5) is 31.1. The molecule has 0 bridgehead atoms. The number of halogens is 1. The molecule has 8 heteroatoms. The lowest BCUT2D eigenvalue weighted by Gasteiger charge is -2.00. The Morgan fingerprint density at radius 2 is 1.86 bits per heavy atom. The van der Waals surface area contributed by atoms with Gasteiger partial charge >= 0.3 is 5.69 Å². The molecule has 114 valence electrons. The number of benzene rings is 1. The molecule has 1 aromatic carbocycles. The third-order valence-electron chi connectivity index (χ3n) is 3.36. The van der Waals surface area contributed by atoms with Crippen molar-refractivity contribution in [3.05, 3.63) is 56.5 Å². The van der Waals surface area contributed by atoms with Crippen LogP contribution in [0.25, 0.3) is 11.2 Å². The molecule has 0 spiro atoms. The Bertz CT molecular complexity index is 956. The van der Waals surface area contributed by atoms with E-state index in [4.69, 9.17) is 0 Å². The van der Waals surface area contributed by atoms with Gasteiger partial charge in [0.2, 0.25) is 0 Å². The molecule has 0 unspecified atom stereocenters. The summed E-state index contributed by atoms with van der Waals surface area (Å²) in [5.41, 5.74) is 0.743. The monoisotopic (exact) mass is 320 g/mol. The molecule has 0 amide bonds. The highest BCUT2D eigenvalue weighted by Crippen LogP contribution is 2.21. The van der Waals surface area contributed by atoms with Gasteiger partial charge in [-0.3, -0.25) is 13.9 Å². The fourth-order valence-corrected chi connectivity index (χ4v) is 2.93. The molecule has 1 N–H and O–H groups in total. The maximum absolute atomic E-state index is 12.9. The first-order valence-corrected chi connectivity index (χ1v) is 7.49. The normalized spacial score (nSPS) is 11.2. The van der Waals surface area contributed by atoms with E-state index in [0.717, 1.165) is 10.1 Å². The summed E-state index contributed by atoms with van der Waals surface area (Å²) in [7, 11) is 3.00. The van der Waals surface area contributed by atoms with Crippen molar-refractivity contribution in [2.24, 2.45) is 14.1 Å². The van der Waals surface area contributed by atoms with Gasteiger partial charge in [0, 0.05) is 19.8 Å². The zero-order valence-electron chi connectivity index (χ0n) is 12.0. The number of nitrogens with one attached hydrogen (secondary N) is 1. The van der Waals surface area contributed by atoms with E-state index < -0.39 is 11.2 Å². The topological polar surface area (TPSA) is 72.7 Å². The smallest absolute Gasteiger partial charge is 0.327 e. The van der Waals surface area contributed by atoms with E-state index in [9.17, 15) is 14.0 Å². The molecule has 0 saturated heterocycles. The molecule has 0 saturated carbocycles. The predicted octanol–water partition coefficient (Wildman–Crippen LogP) is 1.39. The van der Waals surface area contributed by atoms with Crippen molar-refractivity contribution in [2.45, 2.75) is 10.9 Å². The molecule has 0 aliphatic heterocycles. The molecule has 0 fully saturated rings. The Morgan fingerprint density at radius 1 is 1.18 bits per heavy atom. The van der Waals surface area contributed by atoms with Gasteiger partial charge in [0.1, 0.15) is 5.82 Å². The molecule has 2 aromatic heterocycles. The number of aromatic nitrogens is 4. The van der Waals surface area contributed by atoms with Crippen LogP contribution in [0.1, 0.15) is 5.56 Å². The molecule has 3 rings (SSSR count). The highest BCUT2D eigenvalue weighted by Gasteiger charge is 2.13. The highest BCUT2D eigenvalue weighted by atomic mass is 32.2. The van der Waals surface area contributed by atoms with Crippen molar-refractivity contribution in [3.8, 4) is 0 Å². The van der Waals surface area contributed by atoms with E-state index >= 15 is 0 Å². The van der Waals surface area contributed by atoms with E-state index in [1.165, 1.54) is 35.5 Å². The Morgan fingerprint density at radius 3 is 2.55 bits per heavy atom. The number of aryl methyl sites for hydroxylation is 1. The number of fused-ring (bicyclic) bond motifs is 1. The van der Waals surface area contributed by atoms with E-state index in [2.05, 4.69) is 9.97 Å². The maximum Gasteiger partial charge on any atom is 0.332 e. The minimum Gasteiger partial charge on any atom is -0.327 e. The zero-order chi connectivity index (χ0) is 15.9. The van der Waals surface area contributed by atoms with Crippen molar-refractivity contribution < 1.29 is 4.39 Å². The Labute approximate surface area is 128 Å². The zero-order valence-corrected chi connectivity index (χ0v) is 12.8. The fourth-order valence-electron chi connectivity index (χ4n) is 2.11. The average molecular weight is 320 g/mol. The first-order chi connectivity index (χ1) is 10.5. The van der Waals surface area contributed by atoms with Gasteiger partial charge in [0.05, 0.1) is 0 Å². The molecule has 6 nitrogen and oxygen atoms in total. The van der Waals surface area contributed by atoms with E-state index in [1.807, 2.05) is 0 Å². The number of imidazole rings is 1. The first kappa shape index (κ1) is 14.6. The van der Waals surface area contributed by atoms with Crippen LogP contribution in [0.4, 0.5) is 4.39 Å². The van der Waals surface area contributed by atoms with Crippen LogP contribution < -0.4 is 11.2 Å². The minimum atomic E-state index is -0.418. The minimum absolute atomic E-state index is 0.281. The number of hydrogen-bond acceptors (Lipinski definition) is 4. The van der Waals surface area contributed by atoms with Gasteiger partial charge < -0.3 is 4.98 Å². The van der Waals surface area contributed by atoms with Crippen LogP contribution in [0, 0.1) is 5.82 Å². The van der Waals surface area contributed by atoms with Crippen LogP contribution in [0.2, 0.25) is 0 Å². The molecule has 3 aromatic rings. The second-order valence-electron chi connectivity index (χ2n) is 4.86. The molecule has 22 heavy (non-hydrogen) atoms. The standard InChI is InChI=1S/C14H13FN4O2S/c1-18-11-10(12(20)19(2)14(18)21)16-13(17-11)22-7-8-3-5-9(15)6-4-8/h3-6H,7H2,1-2H3,(H,16,17). The fraction of sp³-hybridized carbons (Fsp3) is 0.214. The number of hydrogen-bond donors (Lipinski definition) is 1. The second kappa shape index (κ2) is 5.45. The Hall–Kier alpha value is -2.35. The van der Waals surface area contributed by atoms with Crippen molar-refractivity contribution in [3.63, 3.8) is 0 Å². The van der Waals surface area contributed by atoms with Gasteiger partial charge in [0.25, 0.3) is 5.56 Å². The van der Waals surface area contributed by atoms with Crippen molar-refractivity contribution in [1.82, 2.24) is 19.1 Å². The van der Waals surface area contributed by atoms with Crippen LogP contribution in [0.15, 0.2) is 39.0 Å². The number of nitrogens with zero attached hydrogens (tertiary/aromatic N) is 3. The van der Waals surface area contributed by atoms with Gasteiger partial charge in [-0.2, -0.15) is 0 Å². The number of H-pyrrole nitrogens is 1. The molecule has 0 radical (unpaired) electrons. The molecular formula is C14H13FN4O2S. The lowest BCUT2D eigenvalue weighted by molar-refractivity contribution is 0.627.